The van der Waals surface area contributed by atoms with E-state index in [0.29, 0.717) is 19.7 Å². The van der Waals surface area contributed by atoms with E-state index < -0.39 is 0 Å². The molecule has 41 heavy (non-hydrogen) atoms. The smallest absolute Gasteiger partial charge is 0.269 e. The molecule has 2 aliphatic heterocycles. The van der Waals surface area contributed by atoms with E-state index in [9.17, 15) is 4.79 Å². The van der Waals surface area contributed by atoms with Crippen molar-refractivity contribution in [2.75, 3.05) is 31.1 Å². The summed E-state index contributed by atoms with van der Waals surface area (Å²) in [6.07, 6.45) is 3.98. The van der Waals surface area contributed by atoms with Gasteiger partial charge in [0.25, 0.3) is 5.91 Å². The Bertz CT molecular complexity index is 1310. The van der Waals surface area contributed by atoms with Crippen molar-refractivity contribution < 1.29 is 9.53 Å². The van der Waals surface area contributed by atoms with Crippen molar-refractivity contribution in [1.29, 1.82) is 0 Å². The topological polar surface area (TPSA) is 45.1 Å². The minimum Gasteiger partial charge on any atom is -0.493 e. The third-order valence-electron chi connectivity index (χ3n) is 8.61. The molecule has 0 atom stereocenters. The van der Waals surface area contributed by atoms with Gasteiger partial charge in [0.05, 0.1) is 12.3 Å². The summed E-state index contributed by atoms with van der Waals surface area (Å²) in [4.78, 5) is 24.3. The number of anilines is 1. The summed E-state index contributed by atoms with van der Waals surface area (Å²) in [6, 6.07) is 15.1. The van der Waals surface area contributed by atoms with Gasteiger partial charge in [-0.2, -0.15) is 0 Å². The first-order valence-corrected chi connectivity index (χ1v) is 16.8. The molecule has 0 aliphatic carbocycles. The predicted octanol–water partition coefficient (Wildman–Crippen LogP) is 8.97. The average Bonchev–Trinajstić information content (AvgIpc) is 3.50. The fraction of sp³-hybridized carbons (Fsp3) is 0.529. The van der Waals surface area contributed by atoms with Crippen molar-refractivity contribution in [3.05, 3.63) is 63.5 Å². The second kappa shape index (κ2) is 13.3. The van der Waals surface area contributed by atoms with Crippen molar-refractivity contribution in [1.82, 2.24) is 4.90 Å². The number of para-hydroxylation sites is 1. The summed E-state index contributed by atoms with van der Waals surface area (Å²) in [6.45, 7) is 20.7. The number of unbranched alkanes of at least 4 members (excludes halogenated alkanes) is 1. The Balaban J connectivity index is 1.39. The van der Waals surface area contributed by atoms with Crippen LogP contribution in [0.2, 0.25) is 0 Å². The molecule has 0 spiro atoms. The molecule has 0 aromatic heterocycles. The molecule has 7 heteroatoms. The van der Waals surface area contributed by atoms with Gasteiger partial charge in [0.2, 0.25) is 0 Å². The Hall–Kier alpha value is -2.38. The Kier molecular flexibility index (Phi) is 10.2. The molecule has 0 radical (unpaired) electrons. The Morgan fingerprint density at radius 3 is 2.24 bits per heavy atom. The van der Waals surface area contributed by atoms with E-state index in [1.165, 1.54) is 33.5 Å². The van der Waals surface area contributed by atoms with Crippen LogP contribution in [0.5, 0.6) is 5.75 Å². The molecule has 4 rings (SSSR count). The number of carbonyl (C=O) groups excluding carboxylic acids is 1. The highest BCUT2D eigenvalue weighted by molar-refractivity contribution is 8.19. The van der Waals surface area contributed by atoms with Crippen LogP contribution in [0.3, 0.4) is 0 Å². The van der Waals surface area contributed by atoms with Gasteiger partial charge in [0, 0.05) is 30.1 Å². The lowest BCUT2D eigenvalue weighted by molar-refractivity contribution is -0.122. The van der Waals surface area contributed by atoms with Crippen LogP contribution in [-0.2, 0) is 15.6 Å². The van der Waals surface area contributed by atoms with Crippen LogP contribution < -0.4 is 9.64 Å². The number of likely N-dealkylation sites (N-methyl/N-ethyl adjacent to an activating group) is 1. The van der Waals surface area contributed by atoms with E-state index in [4.69, 9.17) is 9.73 Å². The van der Waals surface area contributed by atoms with Crippen LogP contribution in [0.1, 0.15) is 92.2 Å². The number of rotatable bonds is 12. The molecular weight excluding hydrogens is 547 g/mol. The Morgan fingerprint density at radius 2 is 1.56 bits per heavy atom. The lowest BCUT2D eigenvalue weighted by atomic mass is 9.76. The number of hydrogen-bond donors (Lipinski definition) is 0. The molecule has 1 amide bonds. The van der Waals surface area contributed by atoms with Crippen LogP contribution in [0, 0.1) is 0 Å². The minimum atomic E-state index is 0.0511. The van der Waals surface area contributed by atoms with Crippen LogP contribution >= 0.6 is 23.5 Å². The third-order valence-corrected chi connectivity index (χ3v) is 11.0. The van der Waals surface area contributed by atoms with Crippen LogP contribution in [0.15, 0.2) is 62.3 Å². The molecule has 222 valence electrons. The Morgan fingerprint density at radius 1 is 0.854 bits per heavy atom. The average molecular weight is 594 g/mol. The second-order valence-corrected chi connectivity index (χ2v) is 14.0. The summed E-state index contributed by atoms with van der Waals surface area (Å²) in [5, 5.41) is 1.84. The molecule has 2 heterocycles. The number of fused-ring (bicyclic) bond motifs is 1. The molecule has 0 N–H and O–H groups in total. The number of ether oxygens (including phenoxy) is 1. The van der Waals surface area contributed by atoms with E-state index in [1.54, 1.807) is 11.8 Å². The number of benzene rings is 2. The number of thioether (sulfide) groups is 2. The molecule has 5 nitrogen and oxygen atoms in total. The number of aliphatic imine (C=N–C) groups is 1. The van der Waals surface area contributed by atoms with E-state index in [2.05, 4.69) is 95.8 Å². The van der Waals surface area contributed by atoms with Crippen LogP contribution in [0.25, 0.3) is 0 Å². The zero-order valence-corrected chi connectivity index (χ0v) is 27.8. The number of amides is 1. The highest BCUT2D eigenvalue weighted by atomic mass is 32.2. The van der Waals surface area contributed by atoms with Crippen molar-refractivity contribution in [3.8, 4) is 5.75 Å². The van der Waals surface area contributed by atoms with E-state index in [-0.39, 0.29) is 16.7 Å². The van der Waals surface area contributed by atoms with E-state index in [0.717, 1.165) is 53.1 Å². The van der Waals surface area contributed by atoms with Gasteiger partial charge < -0.3 is 9.64 Å². The van der Waals surface area contributed by atoms with Gasteiger partial charge in [-0.3, -0.25) is 14.7 Å². The number of nitrogens with zero attached hydrogens (tertiary/aromatic N) is 3. The van der Waals surface area contributed by atoms with Crippen LogP contribution in [0.4, 0.5) is 5.69 Å². The molecule has 2 aromatic carbocycles. The monoisotopic (exact) mass is 593 g/mol. The lowest BCUT2D eigenvalue weighted by Crippen LogP contribution is -2.29. The van der Waals surface area contributed by atoms with Gasteiger partial charge in [0.15, 0.2) is 5.17 Å². The third kappa shape index (κ3) is 6.67. The standard InChI is InChI=1S/C34H47N3O2S2/c1-9-33(5,6)24-19-20-27(25(23-24)34(7,8)10-2)39-22-16-15-21-35-32-37(12-4)30(38)29(41-32)31-36(11-3)26-17-13-14-18-28(26)40-31/h13-14,17-20,23H,9-12,15-16,21-22H2,1-8H3/b31-29-,35-32?. The molecule has 2 aromatic rings. The van der Waals surface area contributed by atoms with Crippen molar-refractivity contribution in [2.45, 2.75) is 96.8 Å². The van der Waals surface area contributed by atoms with E-state index >= 15 is 0 Å². The SMILES string of the molecule is CCN1C(=O)/C(=C2/Sc3ccccc3N2CC)SC1=NCCCCOc1ccc(C(C)(C)CC)cc1C(C)(C)CC. The van der Waals surface area contributed by atoms with Crippen molar-refractivity contribution >= 4 is 40.3 Å². The first-order chi connectivity index (χ1) is 19.6. The summed E-state index contributed by atoms with van der Waals surface area (Å²) in [7, 11) is 0. The summed E-state index contributed by atoms with van der Waals surface area (Å²) in [5.74, 6) is 1.06. The van der Waals surface area contributed by atoms with Gasteiger partial charge in [-0.05, 0) is 85.9 Å². The van der Waals surface area contributed by atoms with Crippen molar-refractivity contribution in [3.63, 3.8) is 0 Å². The van der Waals surface area contributed by atoms with E-state index in [1.807, 2.05) is 11.8 Å². The maximum absolute atomic E-state index is 13.4. The molecule has 1 fully saturated rings. The zero-order valence-electron chi connectivity index (χ0n) is 26.2. The fourth-order valence-corrected chi connectivity index (χ4v) is 7.48. The van der Waals surface area contributed by atoms with Gasteiger partial charge >= 0.3 is 0 Å². The molecule has 0 saturated carbocycles. The largest absolute Gasteiger partial charge is 0.493 e. The lowest BCUT2D eigenvalue weighted by Gasteiger charge is -2.30. The second-order valence-electron chi connectivity index (χ2n) is 12.0. The number of amidine groups is 1. The zero-order chi connectivity index (χ0) is 29.8. The maximum atomic E-state index is 13.4. The quantitative estimate of drug-likeness (QED) is 0.182. The highest BCUT2D eigenvalue weighted by Gasteiger charge is 2.38. The van der Waals surface area contributed by atoms with Crippen molar-refractivity contribution in [2.24, 2.45) is 4.99 Å². The maximum Gasteiger partial charge on any atom is 0.269 e. The predicted molar refractivity (Wildman–Crippen MR) is 177 cm³/mol. The first-order valence-electron chi connectivity index (χ1n) is 15.2. The number of carbonyl (C=O) groups is 1. The highest BCUT2D eigenvalue weighted by Crippen LogP contribution is 2.50. The van der Waals surface area contributed by atoms with Crippen LogP contribution in [-0.4, -0.2) is 42.2 Å². The fourth-order valence-electron chi connectivity index (χ4n) is 5.02. The van der Waals surface area contributed by atoms with Gasteiger partial charge in [-0.1, -0.05) is 77.6 Å². The Labute approximate surface area is 256 Å². The normalized spacial score (nSPS) is 18.5. The number of hydrogen-bond acceptors (Lipinski definition) is 6. The molecule has 0 bridgehead atoms. The minimum absolute atomic E-state index is 0.0511. The molecule has 0 unspecified atom stereocenters. The summed E-state index contributed by atoms with van der Waals surface area (Å²) < 4.78 is 6.36. The van der Waals surface area contributed by atoms with Gasteiger partial charge in [-0.25, -0.2) is 0 Å². The van der Waals surface area contributed by atoms with Gasteiger partial charge in [0.1, 0.15) is 15.7 Å². The molecule has 2 aliphatic rings. The molecular formula is C34H47N3O2S2. The first kappa shape index (κ1) is 31.6. The molecule has 1 saturated heterocycles. The van der Waals surface area contributed by atoms with Gasteiger partial charge in [-0.15, -0.1) is 0 Å². The summed E-state index contributed by atoms with van der Waals surface area (Å²) in [5.41, 5.74) is 4.05. The summed E-state index contributed by atoms with van der Waals surface area (Å²) >= 11 is 3.21.